The maximum atomic E-state index is 13.1. The maximum Gasteiger partial charge on any atom is 0.289 e. The molecule has 1 aliphatic rings. The number of aromatic amines is 1. The van der Waals surface area contributed by atoms with E-state index in [-0.39, 0.29) is 11.8 Å². The van der Waals surface area contributed by atoms with Gasteiger partial charge in [0.1, 0.15) is 11.3 Å². The number of rotatable bonds is 6. The van der Waals surface area contributed by atoms with E-state index in [1.165, 1.54) is 0 Å². The summed E-state index contributed by atoms with van der Waals surface area (Å²) in [6, 6.07) is 17.2. The number of carbonyl (C=O) groups is 1. The lowest BCUT2D eigenvalue weighted by molar-refractivity contribution is 0.0760. The Morgan fingerprint density at radius 3 is 2.88 bits per heavy atom. The lowest BCUT2D eigenvalue weighted by atomic mass is 10.0. The summed E-state index contributed by atoms with van der Waals surface area (Å²) in [5, 5.41) is 9.28. The number of nitrogens with one attached hydrogen (secondary N) is 1. The molecule has 5 rings (SSSR count). The largest absolute Gasteiger partial charge is 0.493 e. The molecule has 0 aliphatic carbocycles. The Hall–Kier alpha value is -3.25. The van der Waals surface area contributed by atoms with Gasteiger partial charge in [0.05, 0.1) is 12.3 Å². The zero-order valence-corrected chi connectivity index (χ0v) is 18.6. The van der Waals surface area contributed by atoms with Crippen LogP contribution in [-0.2, 0) is 6.42 Å². The molecule has 0 bridgehead atoms. The average molecular weight is 450 g/mol. The molecule has 1 atom stereocenters. The minimum Gasteiger partial charge on any atom is -0.493 e. The van der Waals surface area contributed by atoms with Crippen LogP contribution in [0.4, 0.5) is 0 Å². The van der Waals surface area contributed by atoms with Gasteiger partial charge in [-0.15, -0.1) is 0 Å². The van der Waals surface area contributed by atoms with Gasteiger partial charge >= 0.3 is 0 Å². The average Bonchev–Trinajstić information content (AvgIpc) is 3.54. The molecule has 0 unspecified atom stereocenters. The molecule has 6 nitrogen and oxygen atoms in total. The number of amides is 1. The summed E-state index contributed by atoms with van der Waals surface area (Å²) in [6.45, 7) is 3.82. The van der Waals surface area contributed by atoms with Crippen molar-refractivity contribution in [3.63, 3.8) is 0 Å². The molecular formula is C25H24ClN3O3. The van der Waals surface area contributed by atoms with E-state index in [9.17, 15) is 4.79 Å². The second kappa shape index (κ2) is 8.71. The van der Waals surface area contributed by atoms with E-state index in [4.69, 9.17) is 20.8 Å². The van der Waals surface area contributed by atoms with Gasteiger partial charge in [-0.2, -0.15) is 5.10 Å². The lowest BCUT2D eigenvalue weighted by Gasteiger charge is -2.14. The molecule has 0 saturated carbocycles. The Kier molecular flexibility index (Phi) is 5.62. The summed E-state index contributed by atoms with van der Waals surface area (Å²) in [5.41, 5.74) is 3.66. The van der Waals surface area contributed by atoms with Crippen molar-refractivity contribution in [2.24, 2.45) is 0 Å². The molecule has 1 N–H and O–H groups in total. The Morgan fingerprint density at radius 2 is 2.06 bits per heavy atom. The first-order valence-corrected chi connectivity index (χ1v) is 11.2. The summed E-state index contributed by atoms with van der Waals surface area (Å²) >= 11 is 5.90. The molecule has 1 aliphatic heterocycles. The first-order chi connectivity index (χ1) is 15.6. The topological polar surface area (TPSA) is 71.4 Å². The second-order valence-corrected chi connectivity index (χ2v) is 8.60. The first kappa shape index (κ1) is 20.6. The SMILES string of the molecule is Cc1c(C(=O)N2CC[C@@H](c3cc(CCOc4ccc(Cl)cc4)[nH]n3)C2)oc2ccccc12. The van der Waals surface area contributed by atoms with Gasteiger partial charge in [0.25, 0.3) is 5.91 Å². The number of fused-ring (bicyclic) bond motifs is 1. The number of hydrogen-bond acceptors (Lipinski definition) is 4. The van der Waals surface area contributed by atoms with Crippen LogP contribution in [0.2, 0.25) is 5.02 Å². The summed E-state index contributed by atoms with van der Waals surface area (Å²) in [6.07, 6.45) is 1.61. The van der Waals surface area contributed by atoms with Crippen LogP contribution in [0.5, 0.6) is 5.75 Å². The van der Waals surface area contributed by atoms with E-state index in [0.29, 0.717) is 30.5 Å². The number of aromatic nitrogens is 2. The predicted molar refractivity (Wildman–Crippen MR) is 123 cm³/mol. The van der Waals surface area contributed by atoms with Gasteiger partial charge in [-0.05, 0) is 49.7 Å². The molecule has 0 radical (unpaired) electrons. The minimum atomic E-state index is -0.0478. The van der Waals surface area contributed by atoms with Crippen LogP contribution in [-0.4, -0.2) is 40.7 Å². The fourth-order valence-electron chi connectivity index (χ4n) is 4.23. The molecule has 32 heavy (non-hydrogen) atoms. The van der Waals surface area contributed by atoms with Crippen LogP contribution in [0.3, 0.4) is 0 Å². The number of likely N-dealkylation sites (tertiary alicyclic amines) is 1. The zero-order chi connectivity index (χ0) is 22.1. The molecule has 1 amide bonds. The number of furan rings is 1. The van der Waals surface area contributed by atoms with Crippen molar-refractivity contribution in [2.75, 3.05) is 19.7 Å². The highest BCUT2D eigenvalue weighted by molar-refractivity contribution is 6.30. The van der Waals surface area contributed by atoms with Crippen LogP contribution in [0.25, 0.3) is 11.0 Å². The quantitative estimate of drug-likeness (QED) is 0.429. The summed E-state index contributed by atoms with van der Waals surface area (Å²) in [5.74, 6) is 1.40. The number of nitrogens with zero attached hydrogens (tertiary/aromatic N) is 2. The van der Waals surface area contributed by atoms with E-state index in [0.717, 1.165) is 46.5 Å². The number of benzene rings is 2. The van der Waals surface area contributed by atoms with Crippen LogP contribution < -0.4 is 4.74 Å². The Morgan fingerprint density at radius 1 is 1.25 bits per heavy atom. The first-order valence-electron chi connectivity index (χ1n) is 10.8. The highest BCUT2D eigenvalue weighted by Gasteiger charge is 2.32. The van der Waals surface area contributed by atoms with Crippen LogP contribution >= 0.6 is 11.6 Å². The van der Waals surface area contributed by atoms with E-state index in [1.54, 1.807) is 0 Å². The lowest BCUT2D eigenvalue weighted by Crippen LogP contribution is -2.28. The van der Waals surface area contributed by atoms with E-state index < -0.39 is 0 Å². The predicted octanol–water partition coefficient (Wildman–Crippen LogP) is 5.37. The molecule has 0 spiro atoms. The third-order valence-corrected chi connectivity index (χ3v) is 6.29. The van der Waals surface area contributed by atoms with Crippen molar-refractivity contribution in [3.8, 4) is 5.75 Å². The van der Waals surface area contributed by atoms with Crippen molar-refractivity contribution in [1.29, 1.82) is 0 Å². The Labute approximate surface area is 191 Å². The molecule has 164 valence electrons. The normalized spacial score (nSPS) is 16.1. The van der Waals surface area contributed by atoms with Crippen molar-refractivity contribution < 1.29 is 13.9 Å². The molecule has 7 heteroatoms. The van der Waals surface area contributed by atoms with E-state index in [2.05, 4.69) is 16.3 Å². The number of hydrogen-bond donors (Lipinski definition) is 1. The van der Waals surface area contributed by atoms with Gasteiger partial charge in [0.15, 0.2) is 5.76 Å². The Balaban J connectivity index is 1.19. The van der Waals surface area contributed by atoms with Gasteiger partial charge < -0.3 is 14.1 Å². The number of carbonyl (C=O) groups excluding carboxylic acids is 1. The Bertz CT molecular complexity index is 1250. The molecule has 3 heterocycles. The minimum absolute atomic E-state index is 0.0478. The maximum absolute atomic E-state index is 13.1. The van der Waals surface area contributed by atoms with E-state index >= 15 is 0 Å². The molecule has 1 saturated heterocycles. The number of aryl methyl sites for hydroxylation is 1. The van der Waals surface area contributed by atoms with Crippen molar-refractivity contribution in [2.45, 2.75) is 25.7 Å². The van der Waals surface area contributed by atoms with Crippen LogP contribution in [0.1, 0.15) is 39.8 Å². The van der Waals surface area contributed by atoms with Crippen molar-refractivity contribution in [3.05, 3.63) is 82.3 Å². The fraction of sp³-hybridized carbons (Fsp3) is 0.280. The monoisotopic (exact) mass is 449 g/mol. The summed E-state index contributed by atoms with van der Waals surface area (Å²) in [4.78, 5) is 15.0. The van der Waals surface area contributed by atoms with Crippen molar-refractivity contribution >= 4 is 28.5 Å². The van der Waals surface area contributed by atoms with Gasteiger partial charge in [-0.25, -0.2) is 0 Å². The molecule has 1 fully saturated rings. The van der Waals surface area contributed by atoms with Crippen LogP contribution in [0.15, 0.2) is 59.0 Å². The highest BCUT2D eigenvalue weighted by Crippen LogP contribution is 2.31. The molecule has 2 aromatic heterocycles. The third-order valence-electron chi connectivity index (χ3n) is 6.04. The standard InChI is InChI=1S/C25H24ClN3O3/c1-16-21-4-2-3-5-23(21)32-24(16)25(30)29-12-10-17(15-29)22-14-19(27-28-22)11-13-31-20-8-6-18(26)7-9-20/h2-9,14,17H,10-13,15H2,1H3,(H,27,28)/t17-/m1/s1. The number of para-hydroxylation sites is 1. The zero-order valence-electron chi connectivity index (χ0n) is 17.8. The van der Waals surface area contributed by atoms with Gasteiger partial charge in [0.2, 0.25) is 0 Å². The van der Waals surface area contributed by atoms with E-state index in [1.807, 2.05) is 60.4 Å². The highest BCUT2D eigenvalue weighted by atomic mass is 35.5. The summed E-state index contributed by atoms with van der Waals surface area (Å²) in [7, 11) is 0. The molecule has 4 aromatic rings. The third kappa shape index (κ3) is 4.10. The number of ether oxygens (including phenoxy) is 1. The van der Waals surface area contributed by atoms with Gasteiger partial charge in [0, 0.05) is 47.1 Å². The second-order valence-electron chi connectivity index (χ2n) is 8.16. The van der Waals surface area contributed by atoms with Crippen molar-refractivity contribution in [1.82, 2.24) is 15.1 Å². The van der Waals surface area contributed by atoms with Crippen LogP contribution in [0, 0.1) is 6.92 Å². The van der Waals surface area contributed by atoms with Gasteiger partial charge in [-0.1, -0.05) is 29.8 Å². The van der Waals surface area contributed by atoms with Gasteiger partial charge in [-0.3, -0.25) is 9.89 Å². The molecule has 2 aromatic carbocycles. The fourth-order valence-corrected chi connectivity index (χ4v) is 4.36. The number of halogens is 1. The molecular weight excluding hydrogens is 426 g/mol. The smallest absolute Gasteiger partial charge is 0.289 e. The summed E-state index contributed by atoms with van der Waals surface area (Å²) < 4.78 is 11.6. The number of H-pyrrole nitrogens is 1.